The smallest absolute Gasteiger partial charge is 0.339 e. The number of phenols is 1. The SMILES string of the molecule is CS.Cc1ccc(S(=O)(=O)Oc2ccccc2-c2ccc(O)cc2)cc1. The zero-order chi connectivity index (χ0) is 19.2. The third-order valence-electron chi connectivity index (χ3n) is 3.57. The molecule has 0 heterocycles. The van der Waals surface area contributed by atoms with E-state index in [1.165, 1.54) is 12.1 Å². The summed E-state index contributed by atoms with van der Waals surface area (Å²) in [6, 6.07) is 19.9. The minimum absolute atomic E-state index is 0.105. The number of hydrogen-bond donors (Lipinski definition) is 2. The zero-order valence-electron chi connectivity index (χ0n) is 14.5. The minimum atomic E-state index is -3.92. The van der Waals surface area contributed by atoms with Crippen molar-refractivity contribution >= 4 is 22.7 Å². The highest BCUT2D eigenvalue weighted by Gasteiger charge is 2.18. The first-order valence-corrected chi connectivity index (χ1v) is 10.1. The van der Waals surface area contributed by atoms with E-state index in [4.69, 9.17) is 4.18 Å². The monoisotopic (exact) mass is 388 g/mol. The van der Waals surface area contributed by atoms with Crippen LogP contribution in [-0.4, -0.2) is 19.8 Å². The lowest BCUT2D eigenvalue weighted by atomic mass is 10.0. The summed E-state index contributed by atoms with van der Waals surface area (Å²) in [4.78, 5) is 0.105. The Hall–Kier alpha value is -2.44. The Morgan fingerprint density at radius 1 is 0.846 bits per heavy atom. The minimum Gasteiger partial charge on any atom is -0.508 e. The standard InChI is InChI=1S/C19H16O4S.CH4S/c1-14-6-12-17(13-7-14)24(21,22)23-19-5-3-2-4-18(19)15-8-10-16(20)11-9-15;1-2/h2-13,20H,1H3;2H,1H3. The fourth-order valence-electron chi connectivity index (χ4n) is 2.29. The van der Waals surface area contributed by atoms with Crippen LogP contribution in [0.1, 0.15) is 5.56 Å². The zero-order valence-corrected chi connectivity index (χ0v) is 16.2. The van der Waals surface area contributed by atoms with Crippen LogP contribution < -0.4 is 4.18 Å². The number of aryl methyl sites for hydroxylation is 1. The van der Waals surface area contributed by atoms with Gasteiger partial charge in [0.15, 0.2) is 5.75 Å². The van der Waals surface area contributed by atoms with E-state index in [1.54, 1.807) is 66.9 Å². The molecule has 0 amide bonds. The second kappa shape index (κ2) is 8.78. The van der Waals surface area contributed by atoms with Crippen LogP contribution in [0.2, 0.25) is 0 Å². The molecule has 0 aromatic heterocycles. The Balaban J connectivity index is 0.00000117. The van der Waals surface area contributed by atoms with E-state index in [0.29, 0.717) is 5.56 Å². The number of para-hydroxylation sites is 1. The molecule has 6 heteroatoms. The van der Waals surface area contributed by atoms with Gasteiger partial charge in [0, 0.05) is 5.56 Å². The predicted molar refractivity (Wildman–Crippen MR) is 107 cm³/mol. The van der Waals surface area contributed by atoms with Gasteiger partial charge in [-0.3, -0.25) is 0 Å². The van der Waals surface area contributed by atoms with Gasteiger partial charge < -0.3 is 9.29 Å². The molecule has 26 heavy (non-hydrogen) atoms. The van der Waals surface area contributed by atoms with Gasteiger partial charge in [-0.05, 0) is 49.1 Å². The van der Waals surface area contributed by atoms with Gasteiger partial charge in [0.05, 0.1) is 0 Å². The molecule has 0 aliphatic rings. The lowest BCUT2D eigenvalue weighted by Gasteiger charge is -2.12. The fraction of sp³-hybridized carbons (Fsp3) is 0.100. The Morgan fingerprint density at radius 3 is 2.04 bits per heavy atom. The van der Waals surface area contributed by atoms with Crippen molar-refractivity contribution in [3.63, 3.8) is 0 Å². The number of aromatic hydroxyl groups is 1. The van der Waals surface area contributed by atoms with Gasteiger partial charge in [-0.2, -0.15) is 21.0 Å². The van der Waals surface area contributed by atoms with Crippen LogP contribution in [0.3, 0.4) is 0 Å². The van der Waals surface area contributed by atoms with Crippen molar-refractivity contribution in [2.24, 2.45) is 0 Å². The number of rotatable bonds is 4. The van der Waals surface area contributed by atoms with E-state index in [9.17, 15) is 13.5 Å². The molecular weight excluding hydrogens is 368 g/mol. The van der Waals surface area contributed by atoms with Crippen LogP contribution >= 0.6 is 12.6 Å². The largest absolute Gasteiger partial charge is 0.508 e. The van der Waals surface area contributed by atoms with Crippen LogP contribution in [0.25, 0.3) is 11.1 Å². The lowest BCUT2D eigenvalue weighted by Crippen LogP contribution is -2.10. The molecule has 0 aliphatic heterocycles. The van der Waals surface area contributed by atoms with Crippen molar-refractivity contribution in [2.45, 2.75) is 11.8 Å². The normalized spacial score (nSPS) is 10.6. The molecule has 0 radical (unpaired) electrons. The van der Waals surface area contributed by atoms with Gasteiger partial charge >= 0.3 is 10.1 Å². The highest BCUT2D eigenvalue weighted by Crippen LogP contribution is 2.32. The van der Waals surface area contributed by atoms with Gasteiger partial charge in [-0.1, -0.05) is 48.0 Å². The summed E-state index contributed by atoms with van der Waals surface area (Å²) in [5.74, 6) is 0.383. The van der Waals surface area contributed by atoms with E-state index >= 15 is 0 Å². The summed E-state index contributed by atoms with van der Waals surface area (Å²) in [7, 11) is -3.92. The first kappa shape index (κ1) is 19.9. The van der Waals surface area contributed by atoms with Crippen molar-refractivity contribution in [3.05, 3.63) is 78.4 Å². The second-order valence-electron chi connectivity index (χ2n) is 5.39. The summed E-state index contributed by atoms with van der Waals surface area (Å²) in [6.45, 7) is 1.89. The van der Waals surface area contributed by atoms with E-state index in [1.807, 2.05) is 6.92 Å². The molecule has 3 rings (SSSR count). The predicted octanol–water partition coefficient (Wildman–Crippen LogP) is 4.68. The Labute approximate surface area is 159 Å². The van der Waals surface area contributed by atoms with Crippen molar-refractivity contribution in [1.82, 2.24) is 0 Å². The van der Waals surface area contributed by atoms with Gasteiger partial charge in [0.2, 0.25) is 0 Å². The van der Waals surface area contributed by atoms with Crippen LogP contribution in [0, 0.1) is 6.92 Å². The molecule has 3 aromatic rings. The number of hydrogen-bond acceptors (Lipinski definition) is 5. The first-order chi connectivity index (χ1) is 12.5. The molecule has 0 atom stereocenters. The molecule has 0 bridgehead atoms. The molecule has 0 aliphatic carbocycles. The summed E-state index contributed by atoms with van der Waals surface area (Å²) in [5.41, 5.74) is 2.36. The molecule has 136 valence electrons. The topological polar surface area (TPSA) is 63.6 Å². The van der Waals surface area contributed by atoms with Crippen LogP contribution in [0.5, 0.6) is 11.5 Å². The van der Waals surface area contributed by atoms with Crippen molar-refractivity contribution in [1.29, 1.82) is 0 Å². The third-order valence-corrected chi connectivity index (χ3v) is 4.82. The maximum Gasteiger partial charge on any atom is 0.339 e. The Kier molecular flexibility index (Phi) is 6.71. The molecule has 0 unspecified atom stereocenters. The summed E-state index contributed by atoms with van der Waals surface area (Å²) in [5, 5.41) is 9.40. The van der Waals surface area contributed by atoms with Crippen molar-refractivity contribution < 1.29 is 17.7 Å². The quantitative estimate of drug-likeness (QED) is 0.503. The molecule has 0 fully saturated rings. The molecular formula is C20H20O4S2. The molecule has 0 saturated carbocycles. The first-order valence-electron chi connectivity index (χ1n) is 7.80. The summed E-state index contributed by atoms with van der Waals surface area (Å²) in [6.07, 6.45) is 1.69. The summed E-state index contributed by atoms with van der Waals surface area (Å²) >= 11 is 3.53. The van der Waals surface area contributed by atoms with Gasteiger partial charge in [-0.25, -0.2) is 0 Å². The molecule has 0 spiro atoms. The fourth-order valence-corrected chi connectivity index (χ4v) is 3.24. The Morgan fingerprint density at radius 2 is 1.42 bits per heavy atom. The van der Waals surface area contributed by atoms with E-state index in [0.717, 1.165) is 11.1 Å². The molecule has 1 N–H and O–H groups in total. The number of benzene rings is 3. The van der Waals surface area contributed by atoms with Gasteiger partial charge in [-0.15, -0.1) is 0 Å². The van der Waals surface area contributed by atoms with E-state index < -0.39 is 10.1 Å². The number of phenolic OH excluding ortho intramolecular Hbond substituents is 1. The van der Waals surface area contributed by atoms with Crippen LogP contribution in [0.4, 0.5) is 0 Å². The second-order valence-corrected chi connectivity index (χ2v) is 6.94. The van der Waals surface area contributed by atoms with Crippen molar-refractivity contribution in [3.8, 4) is 22.6 Å². The van der Waals surface area contributed by atoms with Gasteiger partial charge in [0.25, 0.3) is 0 Å². The highest BCUT2D eigenvalue weighted by atomic mass is 32.2. The van der Waals surface area contributed by atoms with E-state index in [2.05, 4.69) is 12.6 Å². The lowest BCUT2D eigenvalue weighted by molar-refractivity contribution is 0.475. The Bertz CT molecular complexity index is 948. The highest BCUT2D eigenvalue weighted by molar-refractivity contribution is 7.87. The average molecular weight is 389 g/mol. The van der Waals surface area contributed by atoms with Crippen LogP contribution in [-0.2, 0) is 10.1 Å². The van der Waals surface area contributed by atoms with Crippen LogP contribution in [0.15, 0.2) is 77.7 Å². The maximum absolute atomic E-state index is 12.5. The van der Waals surface area contributed by atoms with E-state index in [-0.39, 0.29) is 16.4 Å². The number of thiol groups is 1. The van der Waals surface area contributed by atoms with Crippen molar-refractivity contribution in [2.75, 3.05) is 6.26 Å². The summed E-state index contributed by atoms with van der Waals surface area (Å²) < 4.78 is 30.3. The molecule has 4 nitrogen and oxygen atoms in total. The maximum atomic E-state index is 12.5. The average Bonchev–Trinajstić information content (AvgIpc) is 2.65. The third kappa shape index (κ3) is 4.80. The molecule has 3 aromatic carbocycles. The van der Waals surface area contributed by atoms with Gasteiger partial charge in [0.1, 0.15) is 10.6 Å². The molecule has 0 saturated heterocycles.